The van der Waals surface area contributed by atoms with E-state index >= 15 is 0 Å². The molecule has 0 fully saturated rings. The Balaban J connectivity index is 2.03. The zero-order valence-corrected chi connectivity index (χ0v) is 11.3. The molecule has 0 radical (unpaired) electrons. The molecule has 0 saturated heterocycles. The second-order valence-electron chi connectivity index (χ2n) is 4.53. The van der Waals surface area contributed by atoms with Gasteiger partial charge in [0.15, 0.2) is 0 Å². The van der Waals surface area contributed by atoms with Crippen LogP contribution in [0.1, 0.15) is 22.6 Å². The average Bonchev–Trinajstić information content (AvgIpc) is 2.71. The van der Waals surface area contributed by atoms with Gasteiger partial charge in [-0.25, -0.2) is 4.79 Å². The normalized spacial score (nSPS) is 10.9. The molecule has 0 saturated carbocycles. The van der Waals surface area contributed by atoms with Gasteiger partial charge in [-0.2, -0.15) is 0 Å². The fourth-order valence-electron chi connectivity index (χ4n) is 1.84. The van der Waals surface area contributed by atoms with Crippen molar-refractivity contribution < 1.29 is 13.9 Å². The standard InChI is InChI=1S/C16H16O3/c1-11-8-12(2)10-15(9-11)19-16(17)7-6-14-5-4-13(3)18-14/h4-10H,1-3H3. The van der Waals surface area contributed by atoms with Crippen molar-refractivity contribution in [2.45, 2.75) is 20.8 Å². The van der Waals surface area contributed by atoms with E-state index in [4.69, 9.17) is 9.15 Å². The van der Waals surface area contributed by atoms with Gasteiger partial charge < -0.3 is 9.15 Å². The molecule has 0 N–H and O–H groups in total. The van der Waals surface area contributed by atoms with Crippen LogP contribution in [-0.2, 0) is 4.79 Å². The minimum atomic E-state index is -0.418. The van der Waals surface area contributed by atoms with Crippen LogP contribution < -0.4 is 4.74 Å². The molecule has 2 aromatic rings. The molecule has 0 aliphatic rings. The van der Waals surface area contributed by atoms with Crippen LogP contribution in [0.4, 0.5) is 0 Å². The van der Waals surface area contributed by atoms with Gasteiger partial charge in [-0.1, -0.05) is 6.07 Å². The molecule has 1 aromatic heterocycles. The van der Waals surface area contributed by atoms with E-state index in [-0.39, 0.29) is 0 Å². The van der Waals surface area contributed by atoms with Gasteiger partial charge in [0.05, 0.1) is 0 Å². The molecule has 0 aliphatic heterocycles. The maximum absolute atomic E-state index is 11.7. The number of hydrogen-bond donors (Lipinski definition) is 0. The van der Waals surface area contributed by atoms with Crippen molar-refractivity contribution >= 4 is 12.0 Å². The van der Waals surface area contributed by atoms with Gasteiger partial charge in [0.1, 0.15) is 17.3 Å². The van der Waals surface area contributed by atoms with Crippen LogP contribution in [0.15, 0.2) is 40.8 Å². The Morgan fingerprint density at radius 1 is 1.11 bits per heavy atom. The van der Waals surface area contributed by atoms with Crippen LogP contribution in [0.5, 0.6) is 5.75 Å². The minimum Gasteiger partial charge on any atom is -0.462 e. The van der Waals surface area contributed by atoms with Crippen LogP contribution in [0.2, 0.25) is 0 Å². The Kier molecular flexibility index (Phi) is 3.85. The first-order valence-electron chi connectivity index (χ1n) is 6.07. The summed E-state index contributed by atoms with van der Waals surface area (Å²) < 4.78 is 10.6. The first-order chi connectivity index (χ1) is 9.02. The number of carbonyl (C=O) groups excluding carboxylic acids is 1. The Morgan fingerprint density at radius 3 is 2.37 bits per heavy atom. The van der Waals surface area contributed by atoms with Crippen LogP contribution >= 0.6 is 0 Å². The fourth-order valence-corrected chi connectivity index (χ4v) is 1.84. The summed E-state index contributed by atoms with van der Waals surface area (Å²) in [6.07, 6.45) is 2.95. The summed E-state index contributed by atoms with van der Waals surface area (Å²) in [5.74, 6) is 1.58. The lowest BCUT2D eigenvalue weighted by atomic mass is 10.1. The fraction of sp³-hybridized carbons (Fsp3) is 0.188. The molecule has 0 unspecified atom stereocenters. The number of ether oxygens (including phenoxy) is 1. The van der Waals surface area contributed by atoms with Crippen molar-refractivity contribution in [3.05, 3.63) is 59.1 Å². The molecule has 0 amide bonds. The van der Waals surface area contributed by atoms with Crippen LogP contribution in [0.25, 0.3) is 6.08 Å². The molecular weight excluding hydrogens is 240 g/mol. The van der Waals surface area contributed by atoms with E-state index in [0.717, 1.165) is 16.9 Å². The van der Waals surface area contributed by atoms with E-state index < -0.39 is 5.97 Å². The zero-order valence-electron chi connectivity index (χ0n) is 11.3. The van der Waals surface area contributed by atoms with E-state index in [1.165, 1.54) is 6.08 Å². The van der Waals surface area contributed by atoms with Gasteiger partial charge >= 0.3 is 5.97 Å². The Bertz CT molecular complexity index is 600. The first kappa shape index (κ1) is 13.1. The lowest BCUT2D eigenvalue weighted by Gasteiger charge is -2.04. The first-order valence-corrected chi connectivity index (χ1v) is 6.07. The SMILES string of the molecule is Cc1cc(C)cc(OC(=O)C=Cc2ccc(C)o2)c1. The summed E-state index contributed by atoms with van der Waals surface area (Å²) in [6.45, 7) is 5.78. The summed E-state index contributed by atoms with van der Waals surface area (Å²) in [7, 11) is 0. The maximum atomic E-state index is 11.7. The number of rotatable bonds is 3. The van der Waals surface area contributed by atoms with Crippen molar-refractivity contribution in [1.29, 1.82) is 0 Å². The second kappa shape index (κ2) is 5.57. The summed E-state index contributed by atoms with van der Waals surface area (Å²) in [4.78, 5) is 11.7. The maximum Gasteiger partial charge on any atom is 0.336 e. The molecule has 0 bridgehead atoms. The molecular formula is C16H16O3. The third-order valence-corrected chi connectivity index (χ3v) is 2.56. The molecule has 1 heterocycles. The van der Waals surface area contributed by atoms with E-state index in [1.54, 1.807) is 12.1 Å². The third kappa shape index (κ3) is 3.85. The van der Waals surface area contributed by atoms with E-state index in [1.807, 2.05) is 45.0 Å². The van der Waals surface area contributed by atoms with Crippen LogP contribution in [0, 0.1) is 20.8 Å². The van der Waals surface area contributed by atoms with Crippen LogP contribution in [-0.4, -0.2) is 5.97 Å². The third-order valence-electron chi connectivity index (χ3n) is 2.56. The van der Waals surface area contributed by atoms with Crippen molar-refractivity contribution in [2.24, 2.45) is 0 Å². The molecule has 19 heavy (non-hydrogen) atoms. The Hall–Kier alpha value is -2.29. The van der Waals surface area contributed by atoms with E-state index in [2.05, 4.69) is 0 Å². The van der Waals surface area contributed by atoms with Gasteiger partial charge in [0, 0.05) is 6.08 Å². The van der Waals surface area contributed by atoms with Crippen molar-refractivity contribution in [3.8, 4) is 5.75 Å². The smallest absolute Gasteiger partial charge is 0.336 e. The predicted molar refractivity (Wildman–Crippen MR) is 74.0 cm³/mol. The van der Waals surface area contributed by atoms with Gasteiger partial charge in [-0.05, 0) is 62.2 Å². The number of aryl methyl sites for hydroxylation is 3. The molecule has 3 heteroatoms. The van der Waals surface area contributed by atoms with Crippen LogP contribution in [0.3, 0.4) is 0 Å². The van der Waals surface area contributed by atoms with Crippen molar-refractivity contribution in [3.63, 3.8) is 0 Å². The van der Waals surface area contributed by atoms with Gasteiger partial charge in [0.2, 0.25) is 0 Å². The highest BCUT2D eigenvalue weighted by atomic mass is 16.5. The van der Waals surface area contributed by atoms with Gasteiger partial charge in [0.25, 0.3) is 0 Å². The molecule has 3 nitrogen and oxygen atoms in total. The highest BCUT2D eigenvalue weighted by Gasteiger charge is 2.02. The zero-order chi connectivity index (χ0) is 13.8. The lowest BCUT2D eigenvalue weighted by Crippen LogP contribution is -2.03. The molecule has 98 valence electrons. The van der Waals surface area contributed by atoms with Crippen molar-refractivity contribution in [2.75, 3.05) is 0 Å². The average molecular weight is 256 g/mol. The largest absolute Gasteiger partial charge is 0.462 e. The number of esters is 1. The summed E-state index contributed by atoms with van der Waals surface area (Å²) >= 11 is 0. The number of carbonyl (C=O) groups is 1. The lowest BCUT2D eigenvalue weighted by molar-refractivity contribution is -0.128. The Morgan fingerprint density at radius 2 is 1.79 bits per heavy atom. The highest BCUT2D eigenvalue weighted by Crippen LogP contribution is 2.16. The van der Waals surface area contributed by atoms with Crippen molar-refractivity contribution in [1.82, 2.24) is 0 Å². The monoisotopic (exact) mass is 256 g/mol. The summed E-state index contributed by atoms with van der Waals surface area (Å²) in [5.41, 5.74) is 2.13. The molecule has 0 atom stereocenters. The summed E-state index contributed by atoms with van der Waals surface area (Å²) in [6, 6.07) is 9.33. The molecule has 0 spiro atoms. The number of benzene rings is 1. The van der Waals surface area contributed by atoms with Gasteiger partial charge in [-0.3, -0.25) is 0 Å². The van der Waals surface area contributed by atoms with E-state index in [9.17, 15) is 4.79 Å². The van der Waals surface area contributed by atoms with Gasteiger partial charge in [-0.15, -0.1) is 0 Å². The number of hydrogen-bond acceptors (Lipinski definition) is 3. The highest BCUT2D eigenvalue weighted by molar-refractivity contribution is 5.88. The molecule has 2 rings (SSSR count). The Labute approximate surface area is 112 Å². The minimum absolute atomic E-state index is 0.418. The topological polar surface area (TPSA) is 39.4 Å². The molecule has 1 aromatic carbocycles. The quantitative estimate of drug-likeness (QED) is 0.476. The number of furan rings is 1. The summed E-state index contributed by atoms with van der Waals surface area (Å²) in [5, 5.41) is 0. The predicted octanol–water partition coefficient (Wildman–Crippen LogP) is 3.82. The van der Waals surface area contributed by atoms with E-state index in [0.29, 0.717) is 11.5 Å². The second-order valence-corrected chi connectivity index (χ2v) is 4.53. The molecule has 0 aliphatic carbocycles.